The highest BCUT2D eigenvalue weighted by Crippen LogP contribution is 2.26. The van der Waals surface area contributed by atoms with Crippen LogP contribution in [-0.4, -0.2) is 11.5 Å². The molecule has 0 aliphatic carbocycles. The molecule has 0 saturated heterocycles. The van der Waals surface area contributed by atoms with Crippen molar-refractivity contribution >= 4 is 0 Å². The molecule has 0 aromatic carbocycles. The van der Waals surface area contributed by atoms with Crippen LogP contribution >= 0.6 is 0 Å². The summed E-state index contributed by atoms with van der Waals surface area (Å²) in [5, 5.41) is 2.84. The molecule has 0 aliphatic rings. The number of alkyl halides is 2. The molecule has 0 bridgehead atoms. The van der Waals surface area contributed by atoms with Gasteiger partial charge in [0.05, 0.1) is 6.54 Å². The van der Waals surface area contributed by atoms with Gasteiger partial charge in [-0.2, -0.15) is 8.78 Å². The van der Waals surface area contributed by atoms with E-state index in [4.69, 9.17) is 5.53 Å². The molecule has 0 unspecified atom stereocenters. The molecule has 0 spiro atoms. The minimum Gasteiger partial charge on any atom is -0.252 e. The van der Waals surface area contributed by atoms with Crippen molar-refractivity contribution in [2.45, 2.75) is 12.8 Å². The molecule has 0 fully saturated rings. The molecular weight excluding hydrogens is 190 g/mol. The van der Waals surface area contributed by atoms with Crippen molar-refractivity contribution in [2.24, 2.45) is 5.11 Å². The molecule has 0 amide bonds. The van der Waals surface area contributed by atoms with Gasteiger partial charge in [-0.25, -0.2) is 0 Å². The average molecular weight is 198 g/mol. The van der Waals surface area contributed by atoms with E-state index in [-0.39, 0.29) is 5.69 Å². The first-order valence-corrected chi connectivity index (χ1v) is 3.89. The van der Waals surface area contributed by atoms with Gasteiger partial charge in [-0.15, -0.1) is 0 Å². The Labute approximate surface area is 79.2 Å². The van der Waals surface area contributed by atoms with Gasteiger partial charge in [0, 0.05) is 10.6 Å². The summed E-state index contributed by atoms with van der Waals surface area (Å²) in [4.78, 5) is 5.95. The van der Waals surface area contributed by atoms with E-state index >= 15 is 0 Å². The highest BCUT2D eigenvalue weighted by atomic mass is 19.3. The topological polar surface area (TPSA) is 61.7 Å². The van der Waals surface area contributed by atoms with Gasteiger partial charge in [-0.3, -0.25) is 4.98 Å². The standard InChI is InChI=1S/C8H8F2N4/c1-6-3-2-4-7(13-6)8(9,10)5-12-14-11/h2-4H,5H2,1H3. The Morgan fingerprint density at radius 3 is 2.86 bits per heavy atom. The number of rotatable bonds is 3. The van der Waals surface area contributed by atoms with E-state index in [0.29, 0.717) is 5.69 Å². The van der Waals surface area contributed by atoms with Gasteiger partial charge in [0.25, 0.3) is 5.92 Å². The lowest BCUT2D eigenvalue weighted by Gasteiger charge is -2.12. The molecule has 0 saturated carbocycles. The van der Waals surface area contributed by atoms with Gasteiger partial charge < -0.3 is 0 Å². The minimum atomic E-state index is -3.20. The summed E-state index contributed by atoms with van der Waals surface area (Å²) in [5.41, 5.74) is 8.07. The molecule has 0 radical (unpaired) electrons. The SMILES string of the molecule is Cc1cccc(C(F)(F)CN=[N+]=[N-])n1. The number of halogens is 2. The van der Waals surface area contributed by atoms with Crippen molar-refractivity contribution in [2.75, 3.05) is 6.54 Å². The van der Waals surface area contributed by atoms with Crippen molar-refractivity contribution in [3.8, 4) is 0 Å². The van der Waals surface area contributed by atoms with Gasteiger partial charge in [-0.05, 0) is 24.6 Å². The molecule has 4 nitrogen and oxygen atoms in total. The van der Waals surface area contributed by atoms with E-state index in [0.717, 1.165) is 0 Å². The number of hydrogen-bond donors (Lipinski definition) is 0. The number of pyridine rings is 1. The molecule has 0 aliphatic heterocycles. The lowest BCUT2D eigenvalue weighted by Crippen LogP contribution is -2.19. The van der Waals surface area contributed by atoms with Crippen LogP contribution < -0.4 is 0 Å². The van der Waals surface area contributed by atoms with Crippen LogP contribution in [0.15, 0.2) is 23.3 Å². The summed E-state index contributed by atoms with van der Waals surface area (Å²) in [6, 6.07) is 4.31. The van der Waals surface area contributed by atoms with Crippen LogP contribution in [0, 0.1) is 6.92 Å². The molecule has 1 aromatic rings. The Kier molecular flexibility index (Phi) is 2.99. The first-order chi connectivity index (χ1) is 6.56. The molecule has 6 heteroatoms. The third-order valence-corrected chi connectivity index (χ3v) is 1.60. The third kappa shape index (κ3) is 2.40. The highest BCUT2D eigenvalue weighted by molar-refractivity contribution is 5.14. The van der Waals surface area contributed by atoms with Crippen molar-refractivity contribution < 1.29 is 8.78 Å². The van der Waals surface area contributed by atoms with E-state index < -0.39 is 12.5 Å². The fourth-order valence-electron chi connectivity index (χ4n) is 0.948. The summed E-state index contributed by atoms with van der Waals surface area (Å²) in [6.07, 6.45) is 0. The van der Waals surface area contributed by atoms with E-state index in [2.05, 4.69) is 15.0 Å². The van der Waals surface area contributed by atoms with Crippen LogP contribution in [0.4, 0.5) is 8.78 Å². The maximum atomic E-state index is 13.2. The largest absolute Gasteiger partial charge is 0.295 e. The molecule has 1 aromatic heterocycles. The first-order valence-electron chi connectivity index (χ1n) is 3.89. The molecular formula is C8H8F2N4. The van der Waals surface area contributed by atoms with Crippen molar-refractivity contribution in [3.05, 3.63) is 40.0 Å². The zero-order valence-electron chi connectivity index (χ0n) is 7.48. The van der Waals surface area contributed by atoms with Gasteiger partial charge in [-0.1, -0.05) is 11.2 Å². The number of aromatic nitrogens is 1. The highest BCUT2D eigenvalue weighted by Gasteiger charge is 2.32. The Balaban J connectivity index is 2.96. The zero-order valence-corrected chi connectivity index (χ0v) is 7.48. The molecule has 0 atom stereocenters. The van der Waals surface area contributed by atoms with E-state index in [9.17, 15) is 8.78 Å². The number of nitrogens with zero attached hydrogens (tertiary/aromatic N) is 4. The first kappa shape index (κ1) is 10.4. The summed E-state index contributed by atoms with van der Waals surface area (Å²) in [6.45, 7) is 0.715. The van der Waals surface area contributed by atoms with Gasteiger partial charge in [0.1, 0.15) is 5.69 Å². The number of azide groups is 1. The van der Waals surface area contributed by atoms with E-state index in [1.54, 1.807) is 13.0 Å². The predicted octanol–water partition coefficient (Wildman–Crippen LogP) is 2.79. The molecule has 14 heavy (non-hydrogen) atoms. The second kappa shape index (κ2) is 4.02. The zero-order chi connectivity index (χ0) is 10.6. The smallest absolute Gasteiger partial charge is 0.252 e. The second-order valence-electron chi connectivity index (χ2n) is 2.76. The summed E-state index contributed by atoms with van der Waals surface area (Å²) in [5.74, 6) is -3.20. The lowest BCUT2D eigenvalue weighted by molar-refractivity contribution is 0.00140. The van der Waals surface area contributed by atoms with Crippen molar-refractivity contribution in [1.82, 2.24) is 4.98 Å². The fourth-order valence-corrected chi connectivity index (χ4v) is 0.948. The van der Waals surface area contributed by atoms with Crippen LogP contribution in [0.25, 0.3) is 10.4 Å². The lowest BCUT2D eigenvalue weighted by atomic mass is 10.2. The Morgan fingerprint density at radius 2 is 2.29 bits per heavy atom. The van der Waals surface area contributed by atoms with Gasteiger partial charge in [0.2, 0.25) is 0 Å². The Hall–Kier alpha value is -1.68. The predicted molar refractivity (Wildman–Crippen MR) is 46.9 cm³/mol. The van der Waals surface area contributed by atoms with Crippen LogP contribution in [0.5, 0.6) is 0 Å². The van der Waals surface area contributed by atoms with Crippen LogP contribution in [0.2, 0.25) is 0 Å². The van der Waals surface area contributed by atoms with Crippen LogP contribution in [-0.2, 0) is 5.92 Å². The quantitative estimate of drug-likeness (QED) is 0.418. The van der Waals surface area contributed by atoms with E-state index in [1.165, 1.54) is 12.1 Å². The maximum absolute atomic E-state index is 13.2. The second-order valence-corrected chi connectivity index (χ2v) is 2.76. The van der Waals surface area contributed by atoms with Crippen molar-refractivity contribution in [1.29, 1.82) is 0 Å². The van der Waals surface area contributed by atoms with E-state index in [1.807, 2.05) is 0 Å². The van der Waals surface area contributed by atoms with Crippen LogP contribution in [0.1, 0.15) is 11.4 Å². The Morgan fingerprint density at radius 1 is 1.57 bits per heavy atom. The normalized spacial score (nSPS) is 10.8. The monoisotopic (exact) mass is 198 g/mol. The maximum Gasteiger partial charge on any atom is 0.295 e. The summed E-state index contributed by atoms with van der Waals surface area (Å²) < 4.78 is 26.4. The van der Waals surface area contributed by atoms with Gasteiger partial charge >= 0.3 is 0 Å². The number of hydrogen-bond acceptors (Lipinski definition) is 2. The van der Waals surface area contributed by atoms with Crippen molar-refractivity contribution in [3.63, 3.8) is 0 Å². The Bertz CT molecular complexity index is 371. The minimum absolute atomic E-state index is 0.370. The molecule has 0 N–H and O–H groups in total. The third-order valence-electron chi connectivity index (χ3n) is 1.60. The average Bonchev–Trinajstić information content (AvgIpc) is 2.15. The van der Waals surface area contributed by atoms with Crippen LogP contribution in [0.3, 0.4) is 0 Å². The number of aryl methyl sites for hydroxylation is 1. The summed E-state index contributed by atoms with van der Waals surface area (Å²) in [7, 11) is 0. The fraction of sp³-hybridized carbons (Fsp3) is 0.375. The molecule has 1 rings (SSSR count). The molecule has 1 heterocycles. The summed E-state index contributed by atoms with van der Waals surface area (Å²) >= 11 is 0. The van der Waals surface area contributed by atoms with Gasteiger partial charge in [0.15, 0.2) is 0 Å². The molecule has 74 valence electrons.